The van der Waals surface area contributed by atoms with E-state index in [9.17, 15) is 36.0 Å². The summed E-state index contributed by atoms with van der Waals surface area (Å²) in [5, 5.41) is 6.61. The molecule has 2 aromatic rings. The summed E-state index contributed by atoms with van der Waals surface area (Å²) in [7, 11) is -4.62. The van der Waals surface area contributed by atoms with Gasteiger partial charge in [0, 0.05) is 10.6 Å². The van der Waals surface area contributed by atoms with Crippen molar-refractivity contribution in [3.05, 3.63) is 64.0 Å². The van der Waals surface area contributed by atoms with Crippen LogP contribution in [0.1, 0.15) is 57.5 Å². The van der Waals surface area contributed by atoms with E-state index in [1.807, 2.05) is 0 Å². The third-order valence-electron chi connectivity index (χ3n) is 5.01. The van der Waals surface area contributed by atoms with E-state index < -0.39 is 50.8 Å². The van der Waals surface area contributed by atoms with Crippen molar-refractivity contribution in [3.63, 3.8) is 0 Å². The first kappa shape index (κ1) is 42.6. The van der Waals surface area contributed by atoms with Crippen LogP contribution in [0.25, 0.3) is 10.4 Å². The highest BCUT2D eigenvalue weighted by Crippen LogP contribution is 2.25. The van der Waals surface area contributed by atoms with E-state index in [2.05, 4.69) is 14.4 Å². The number of ether oxygens (including phenoxy) is 5. The Bertz CT molecular complexity index is 1670. The maximum absolute atomic E-state index is 12.6. The number of hydrogen-bond donors (Lipinski definition) is 3. The number of anilines is 1. The van der Waals surface area contributed by atoms with Gasteiger partial charge in [-0.25, -0.2) is 14.4 Å². The number of halogens is 3. The van der Waals surface area contributed by atoms with Crippen molar-refractivity contribution in [1.82, 2.24) is 10.6 Å². The van der Waals surface area contributed by atoms with Gasteiger partial charge in [0.05, 0.1) is 20.3 Å². The molecule has 0 atom stereocenters. The largest absolute Gasteiger partial charge is 0.518 e. The molecule has 0 bridgehead atoms. The number of nitrogens with one attached hydrogen (secondary N) is 2. The highest BCUT2D eigenvalue weighted by atomic mass is 32.2. The molecular weight excluding hydrogens is 695 g/mol. The van der Waals surface area contributed by atoms with Gasteiger partial charge >= 0.3 is 33.7 Å². The number of azide groups is 1. The fraction of sp³-hybridized carbons (Fsp3) is 0.448. The number of guanidine groups is 1. The van der Waals surface area contributed by atoms with E-state index in [0.717, 1.165) is 0 Å². The fourth-order valence-electron chi connectivity index (χ4n) is 3.06. The molecule has 2 rings (SSSR count). The monoisotopic (exact) mass is 733 g/mol. The topological polar surface area (TPSA) is 243 Å². The number of nitrogens with zero attached hydrogens (tertiary/aromatic N) is 4. The van der Waals surface area contributed by atoms with Gasteiger partial charge in [0.2, 0.25) is 5.96 Å². The average molecular weight is 734 g/mol. The molecule has 21 heteroatoms. The number of sulfonamides is 1. The summed E-state index contributed by atoms with van der Waals surface area (Å²) in [5.41, 5.74) is 7.61. The first-order chi connectivity index (χ1) is 23.0. The van der Waals surface area contributed by atoms with Gasteiger partial charge in [-0.05, 0) is 83.0 Å². The van der Waals surface area contributed by atoms with Crippen LogP contribution in [0.4, 0.5) is 28.4 Å². The second-order valence-electron chi connectivity index (χ2n) is 11.6. The molecule has 2 aromatic carbocycles. The van der Waals surface area contributed by atoms with Crippen LogP contribution in [-0.4, -0.2) is 69.5 Å². The fourth-order valence-corrected chi connectivity index (χ4v) is 3.49. The van der Waals surface area contributed by atoms with E-state index in [1.165, 1.54) is 33.9 Å². The maximum Gasteiger partial charge on any atom is 0.518 e. The third-order valence-corrected chi connectivity index (χ3v) is 6.02. The molecule has 276 valence electrons. The summed E-state index contributed by atoms with van der Waals surface area (Å²) in [5.74, 6) is -0.969. The maximum atomic E-state index is 12.6. The molecule has 17 nitrogen and oxygen atoms in total. The summed E-state index contributed by atoms with van der Waals surface area (Å²) in [6.45, 7) is 9.71. The van der Waals surface area contributed by atoms with Gasteiger partial charge in [-0.3, -0.25) is 10.6 Å². The lowest BCUT2D eigenvalue weighted by atomic mass is 10.1. The smallest absolute Gasteiger partial charge is 0.497 e. The van der Waals surface area contributed by atoms with Crippen LogP contribution in [0.15, 0.2) is 52.0 Å². The summed E-state index contributed by atoms with van der Waals surface area (Å²) in [6, 6.07) is 11.0. The third kappa shape index (κ3) is 16.6. The zero-order valence-electron chi connectivity index (χ0n) is 28.2. The first-order valence-corrected chi connectivity index (χ1v) is 15.6. The zero-order chi connectivity index (χ0) is 38.3. The molecular formula is C29H38F3N7O10S. The lowest BCUT2D eigenvalue weighted by Gasteiger charge is -2.20. The second-order valence-corrected chi connectivity index (χ2v) is 13.2. The van der Waals surface area contributed by atoms with Gasteiger partial charge < -0.3 is 29.4 Å². The van der Waals surface area contributed by atoms with E-state index in [0.29, 0.717) is 22.7 Å². The Kier molecular flexibility index (Phi) is 15.6. The van der Waals surface area contributed by atoms with Crippen molar-refractivity contribution in [2.45, 2.75) is 64.9 Å². The van der Waals surface area contributed by atoms with Crippen LogP contribution >= 0.6 is 0 Å². The van der Waals surface area contributed by atoms with E-state index in [1.54, 1.807) is 67.8 Å². The van der Waals surface area contributed by atoms with Gasteiger partial charge in [0.25, 0.3) is 0 Å². The highest BCUT2D eigenvalue weighted by Gasteiger charge is 2.46. The minimum Gasteiger partial charge on any atom is -0.497 e. The van der Waals surface area contributed by atoms with Crippen LogP contribution in [0.2, 0.25) is 0 Å². The van der Waals surface area contributed by atoms with Crippen molar-refractivity contribution in [2.24, 2.45) is 9.51 Å². The molecule has 0 saturated heterocycles. The number of alkyl carbamates (subject to hydrolysis) is 2. The van der Waals surface area contributed by atoms with Gasteiger partial charge in [0.1, 0.15) is 34.9 Å². The van der Waals surface area contributed by atoms with E-state index >= 15 is 0 Å². The van der Waals surface area contributed by atoms with Crippen molar-refractivity contribution >= 4 is 39.8 Å². The molecule has 0 aliphatic rings. The number of nitrogens with two attached hydrogens (primary N) is 1. The SMILES string of the molecule is CC(C)(C)OC(=O)c1cc(N)ccc1OCCN=[N+]=[N-].COc1ccc(COC(=O)NC(=NS(=O)(=O)C(F)(F)F)NC(=O)OC(C)(C)C)cc1. The van der Waals surface area contributed by atoms with Crippen LogP contribution in [0.3, 0.4) is 0 Å². The molecule has 0 heterocycles. The van der Waals surface area contributed by atoms with E-state index in [-0.39, 0.29) is 25.3 Å². The standard InChI is InChI=1S/C16H20F3N3O7S.C13H18N4O3/c1-15(2,3)29-14(24)21-12(22-30(25,26)16(17,18)19)20-13(23)28-9-10-5-7-11(27-4)8-6-10;1-13(2,3)20-12(18)10-8-9(14)4-5-11(10)19-7-6-16-17-15/h5-8H,9H2,1-4H3,(H2,20,21,22,23,24);4-5,8H,6-7,14H2,1-3H3. The molecule has 0 saturated carbocycles. The highest BCUT2D eigenvalue weighted by molar-refractivity contribution is 7.91. The Morgan fingerprint density at radius 3 is 2.02 bits per heavy atom. The van der Waals surface area contributed by atoms with Gasteiger partial charge in [-0.1, -0.05) is 17.2 Å². The normalized spacial score (nSPS) is 11.8. The molecule has 0 aliphatic carbocycles. The molecule has 0 radical (unpaired) electrons. The number of alkyl halides is 3. The summed E-state index contributed by atoms with van der Waals surface area (Å²) in [6.07, 6.45) is -2.73. The summed E-state index contributed by atoms with van der Waals surface area (Å²) >= 11 is 0. The van der Waals surface area contributed by atoms with Gasteiger partial charge in [-0.2, -0.15) is 21.6 Å². The average Bonchev–Trinajstić information content (AvgIpc) is 2.96. The molecule has 0 aliphatic heterocycles. The van der Waals surface area contributed by atoms with Gasteiger partial charge in [0.15, 0.2) is 0 Å². The molecule has 0 unspecified atom stereocenters. The minimum absolute atomic E-state index is 0.170. The molecule has 2 amide bonds. The number of methoxy groups -OCH3 is 1. The number of carbonyl (C=O) groups is 3. The first-order valence-electron chi connectivity index (χ1n) is 14.2. The number of rotatable bonds is 9. The minimum atomic E-state index is -6.07. The molecule has 50 heavy (non-hydrogen) atoms. The Labute approximate surface area is 285 Å². The Morgan fingerprint density at radius 1 is 0.920 bits per heavy atom. The van der Waals surface area contributed by atoms with E-state index in [4.69, 9.17) is 34.9 Å². The van der Waals surface area contributed by atoms with Crippen LogP contribution in [-0.2, 0) is 30.8 Å². The van der Waals surface area contributed by atoms with Crippen LogP contribution in [0, 0.1) is 0 Å². The lowest BCUT2D eigenvalue weighted by Crippen LogP contribution is -2.46. The van der Waals surface area contributed by atoms with Gasteiger partial charge in [-0.15, -0.1) is 4.40 Å². The quantitative estimate of drug-likeness (QED) is 0.0331. The number of benzene rings is 2. The second kappa shape index (κ2) is 18.4. The summed E-state index contributed by atoms with van der Waals surface area (Å²) in [4.78, 5) is 38.3. The number of nitrogen functional groups attached to an aromatic ring is 1. The Balaban J connectivity index is 0.000000542. The molecule has 4 N–H and O–H groups in total. The van der Waals surface area contributed by atoms with Crippen molar-refractivity contribution < 1.29 is 59.7 Å². The Hall–Kier alpha value is -5.43. The Morgan fingerprint density at radius 2 is 1.50 bits per heavy atom. The summed E-state index contributed by atoms with van der Waals surface area (Å²) < 4.78 is 87.8. The molecule has 0 spiro atoms. The lowest BCUT2D eigenvalue weighted by molar-refractivity contribution is -0.0435. The molecule has 0 fully saturated rings. The van der Waals surface area contributed by atoms with Crippen molar-refractivity contribution in [1.29, 1.82) is 0 Å². The number of esters is 1. The van der Waals surface area contributed by atoms with Crippen molar-refractivity contribution in [3.8, 4) is 11.5 Å². The number of amides is 2. The number of hydrogen-bond acceptors (Lipinski definition) is 12. The predicted octanol–water partition coefficient (Wildman–Crippen LogP) is 5.56. The van der Waals surface area contributed by atoms with Crippen LogP contribution in [0.5, 0.6) is 11.5 Å². The number of carbonyl (C=O) groups excluding carboxylic acids is 3. The van der Waals surface area contributed by atoms with Crippen molar-refractivity contribution in [2.75, 3.05) is 26.0 Å². The molecule has 0 aromatic heterocycles. The zero-order valence-corrected chi connectivity index (χ0v) is 29.0. The van der Waals surface area contributed by atoms with Crippen LogP contribution < -0.4 is 25.8 Å². The predicted molar refractivity (Wildman–Crippen MR) is 174 cm³/mol.